The third kappa shape index (κ3) is 4.07. The maximum atomic E-state index is 13.5. The fourth-order valence-corrected chi connectivity index (χ4v) is 3.46. The molecule has 2 aromatic rings. The van der Waals surface area contributed by atoms with Crippen LogP contribution in [0.1, 0.15) is 11.1 Å². The van der Waals surface area contributed by atoms with Crippen molar-refractivity contribution in [3.63, 3.8) is 0 Å². The van der Waals surface area contributed by atoms with Gasteiger partial charge in [0.05, 0.1) is 18.8 Å². The minimum atomic E-state index is -2.98. The van der Waals surface area contributed by atoms with E-state index in [9.17, 15) is 18.0 Å². The zero-order valence-electron chi connectivity index (χ0n) is 15.4. The molecule has 2 heterocycles. The number of halogens is 3. The zero-order valence-corrected chi connectivity index (χ0v) is 15.4. The Labute approximate surface area is 165 Å². The maximum Gasteiger partial charge on any atom is 0.387 e. The maximum absolute atomic E-state index is 13.5. The molecule has 0 saturated carbocycles. The number of hydrogen-bond donors (Lipinski definition) is 0. The van der Waals surface area contributed by atoms with Crippen molar-refractivity contribution in [1.29, 1.82) is 0 Å². The summed E-state index contributed by atoms with van der Waals surface area (Å²) in [6, 6.07) is 9.97. The number of morpholine rings is 1. The lowest BCUT2D eigenvalue weighted by atomic mass is 9.90. The molecular formula is C21H18F3NO4. The van der Waals surface area contributed by atoms with Crippen LogP contribution in [0.5, 0.6) is 11.5 Å². The molecule has 1 amide bonds. The van der Waals surface area contributed by atoms with E-state index in [1.165, 1.54) is 30.3 Å². The molecule has 1 fully saturated rings. The molecular weight excluding hydrogens is 387 g/mol. The first-order valence-electron chi connectivity index (χ1n) is 9.11. The molecule has 0 radical (unpaired) electrons. The number of carbonyl (C=O) groups is 1. The van der Waals surface area contributed by atoms with Crippen LogP contribution in [-0.2, 0) is 9.53 Å². The van der Waals surface area contributed by atoms with Crippen molar-refractivity contribution in [3.8, 4) is 11.5 Å². The van der Waals surface area contributed by atoms with Crippen molar-refractivity contribution in [2.75, 3.05) is 32.9 Å². The van der Waals surface area contributed by atoms with E-state index < -0.39 is 12.4 Å². The Morgan fingerprint density at radius 1 is 1.07 bits per heavy atom. The minimum absolute atomic E-state index is 0.0188. The quantitative estimate of drug-likeness (QED) is 0.782. The smallest absolute Gasteiger partial charge is 0.387 e. The van der Waals surface area contributed by atoms with Crippen molar-refractivity contribution < 1.29 is 32.2 Å². The van der Waals surface area contributed by atoms with E-state index >= 15 is 0 Å². The second-order valence-electron chi connectivity index (χ2n) is 6.59. The summed E-state index contributed by atoms with van der Waals surface area (Å²) in [5, 5.41) is 0. The molecule has 0 spiro atoms. The van der Waals surface area contributed by atoms with Crippen LogP contribution in [0.15, 0.2) is 48.0 Å². The highest BCUT2D eigenvalue weighted by Crippen LogP contribution is 2.40. The van der Waals surface area contributed by atoms with Gasteiger partial charge in [0.25, 0.3) is 5.91 Å². The molecule has 8 heteroatoms. The molecule has 2 aromatic carbocycles. The Morgan fingerprint density at radius 2 is 1.79 bits per heavy atom. The van der Waals surface area contributed by atoms with Gasteiger partial charge in [0.1, 0.15) is 23.9 Å². The number of nitrogens with zero attached hydrogens (tertiary/aromatic N) is 1. The fourth-order valence-electron chi connectivity index (χ4n) is 3.46. The third-order valence-corrected chi connectivity index (χ3v) is 4.81. The summed E-state index contributed by atoms with van der Waals surface area (Å²) in [7, 11) is 0. The Balaban J connectivity index is 1.83. The van der Waals surface area contributed by atoms with Crippen LogP contribution in [0, 0.1) is 5.82 Å². The van der Waals surface area contributed by atoms with E-state index in [-0.39, 0.29) is 18.3 Å². The molecule has 0 aliphatic carbocycles. The summed E-state index contributed by atoms with van der Waals surface area (Å²) in [6.07, 6.45) is 0. The molecule has 0 aromatic heterocycles. The van der Waals surface area contributed by atoms with Crippen molar-refractivity contribution in [1.82, 2.24) is 4.90 Å². The summed E-state index contributed by atoms with van der Waals surface area (Å²) in [4.78, 5) is 14.8. The molecule has 0 atom stereocenters. The van der Waals surface area contributed by atoms with Gasteiger partial charge in [0, 0.05) is 24.2 Å². The van der Waals surface area contributed by atoms with E-state index in [0.29, 0.717) is 54.3 Å². The predicted octanol–water partition coefficient (Wildman–Crippen LogP) is 3.48. The summed E-state index contributed by atoms with van der Waals surface area (Å²) in [5.74, 6) is -0.262. The molecule has 4 rings (SSSR count). The van der Waals surface area contributed by atoms with Gasteiger partial charge in [-0.2, -0.15) is 8.78 Å². The first-order chi connectivity index (χ1) is 14.0. The summed E-state index contributed by atoms with van der Waals surface area (Å²) in [6.45, 7) is -1.19. The van der Waals surface area contributed by atoms with Crippen LogP contribution in [0.3, 0.4) is 0 Å². The molecule has 29 heavy (non-hydrogen) atoms. The van der Waals surface area contributed by atoms with Crippen molar-refractivity contribution in [2.45, 2.75) is 6.61 Å². The second-order valence-corrected chi connectivity index (χ2v) is 6.59. The molecule has 152 valence electrons. The lowest BCUT2D eigenvalue weighted by Gasteiger charge is -2.31. The minimum Gasteiger partial charge on any atom is -0.488 e. The number of ether oxygens (including phenoxy) is 3. The summed E-state index contributed by atoms with van der Waals surface area (Å²) < 4.78 is 54.4. The van der Waals surface area contributed by atoms with Gasteiger partial charge in [0.2, 0.25) is 0 Å². The number of amides is 1. The first kappa shape index (κ1) is 19.3. The van der Waals surface area contributed by atoms with E-state index in [4.69, 9.17) is 9.47 Å². The van der Waals surface area contributed by atoms with Crippen LogP contribution in [-0.4, -0.2) is 50.3 Å². The van der Waals surface area contributed by atoms with Gasteiger partial charge in [-0.15, -0.1) is 0 Å². The molecule has 2 aliphatic heterocycles. The van der Waals surface area contributed by atoms with E-state index in [0.717, 1.165) is 0 Å². The van der Waals surface area contributed by atoms with Crippen LogP contribution in [0.25, 0.3) is 5.57 Å². The van der Waals surface area contributed by atoms with Gasteiger partial charge in [-0.1, -0.05) is 12.1 Å². The Hall–Kier alpha value is -3.00. The van der Waals surface area contributed by atoms with Gasteiger partial charge in [0.15, 0.2) is 0 Å². The molecule has 1 saturated heterocycles. The van der Waals surface area contributed by atoms with Crippen LogP contribution in [0.4, 0.5) is 13.2 Å². The Kier molecular flexibility index (Phi) is 5.44. The van der Waals surface area contributed by atoms with E-state index in [2.05, 4.69) is 4.74 Å². The number of benzene rings is 2. The highest BCUT2D eigenvalue weighted by atomic mass is 19.3. The largest absolute Gasteiger partial charge is 0.488 e. The lowest BCUT2D eigenvalue weighted by Crippen LogP contribution is -2.42. The average molecular weight is 405 g/mol. The number of alkyl halides is 2. The van der Waals surface area contributed by atoms with Crippen molar-refractivity contribution in [2.24, 2.45) is 0 Å². The predicted molar refractivity (Wildman–Crippen MR) is 98.4 cm³/mol. The third-order valence-electron chi connectivity index (χ3n) is 4.81. The molecule has 0 bridgehead atoms. The van der Waals surface area contributed by atoms with E-state index in [1.807, 2.05) is 0 Å². The highest BCUT2D eigenvalue weighted by molar-refractivity contribution is 6.06. The van der Waals surface area contributed by atoms with Gasteiger partial charge in [-0.05, 0) is 35.9 Å². The standard InChI is InChI=1S/C21H18F3NO4/c22-14-3-1-13(2-4-14)19-16-11-15(29-21(23)24)5-6-18(16)28-12-17(19)20(26)25-7-9-27-10-8-25/h1-6,11,21H,7-10,12H2. The average Bonchev–Trinajstić information content (AvgIpc) is 2.73. The first-order valence-corrected chi connectivity index (χ1v) is 9.11. The molecule has 2 aliphatic rings. The highest BCUT2D eigenvalue weighted by Gasteiger charge is 2.30. The van der Waals surface area contributed by atoms with Crippen molar-refractivity contribution >= 4 is 11.5 Å². The molecule has 0 N–H and O–H groups in total. The SMILES string of the molecule is O=C(C1=C(c2ccc(F)cc2)c2cc(OC(F)F)ccc2OC1)N1CCOCC1. The van der Waals surface area contributed by atoms with Crippen molar-refractivity contribution in [3.05, 3.63) is 65.0 Å². The molecule has 0 unspecified atom stereocenters. The zero-order chi connectivity index (χ0) is 20.4. The van der Waals surface area contributed by atoms with Crippen LogP contribution < -0.4 is 9.47 Å². The second kappa shape index (κ2) is 8.16. The van der Waals surface area contributed by atoms with Crippen LogP contribution in [0.2, 0.25) is 0 Å². The number of hydrogen-bond acceptors (Lipinski definition) is 4. The lowest BCUT2D eigenvalue weighted by molar-refractivity contribution is -0.131. The number of rotatable bonds is 4. The van der Waals surface area contributed by atoms with Crippen LogP contribution >= 0.6 is 0 Å². The summed E-state index contributed by atoms with van der Waals surface area (Å²) in [5.41, 5.74) is 1.92. The normalized spacial score (nSPS) is 16.5. The molecule has 5 nitrogen and oxygen atoms in total. The van der Waals surface area contributed by atoms with Gasteiger partial charge in [-0.3, -0.25) is 4.79 Å². The number of carbonyl (C=O) groups excluding carboxylic acids is 1. The Morgan fingerprint density at radius 3 is 2.48 bits per heavy atom. The van der Waals surface area contributed by atoms with E-state index in [1.54, 1.807) is 17.0 Å². The number of fused-ring (bicyclic) bond motifs is 1. The Bertz CT molecular complexity index is 937. The fraction of sp³-hybridized carbons (Fsp3) is 0.286. The summed E-state index contributed by atoms with van der Waals surface area (Å²) >= 11 is 0. The van der Waals surface area contributed by atoms with Gasteiger partial charge < -0.3 is 19.1 Å². The monoisotopic (exact) mass is 405 g/mol. The van der Waals surface area contributed by atoms with Gasteiger partial charge in [-0.25, -0.2) is 4.39 Å². The topological polar surface area (TPSA) is 48.0 Å². The van der Waals surface area contributed by atoms with Gasteiger partial charge >= 0.3 is 6.61 Å².